The van der Waals surface area contributed by atoms with Gasteiger partial charge in [0.1, 0.15) is 18.7 Å². The molecule has 198 valence electrons. The van der Waals surface area contributed by atoms with Gasteiger partial charge in [0.25, 0.3) is 0 Å². The van der Waals surface area contributed by atoms with Gasteiger partial charge in [-0.25, -0.2) is 8.78 Å². The Morgan fingerprint density at radius 2 is 1.69 bits per heavy atom. The zero-order valence-corrected chi connectivity index (χ0v) is 22.5. The molecule has 0 aromatic heterocycles. The van der Waals surface area contributed by atoms with Crippen molar-refractivity contribution >= 4 is 11.6 Å². The summed E-state index contributed by atoms with van der Waals surface area (Å²) in [5.41, 5.74) is 4.53. The second-order valence-electron chi connectivity index (χ2n) is 10.5. The second-order valence-corrected chi connectivity index (χ2v) is 10.5. The van der Waals surface area contributed by atoms with Crippen LogP contribution in [0.25, 0.3) is 0 Å². The summed E-state index contributed by atoms with van der Waals surface area (Å²) in [4.78, 5) is 16.0. The van der Waals surface area contributed by atoms with Gasteiger partial charge in [-0.1, -0.05) is 50.2 Å². The van der Waals surface area contributed by atoms with Gasteiger partial charge in [-0.15, -0.1) is 0 Å². The van der Waals surface area contributed by atoms with Crippen molar-refractivity contribution in [2.24, 2.45) is 5.16 Å². The Morgan fingerprint density at radius 3 is 2.22 bits per heavy atom. The standard InChI is InChI=1S/C22H35N3O2.C7H6F2/c1-17(26)23-14-7-15-24-22(12-10-20(11-13-22)25-27-5)19-9-6-8-18(16-19)21(2,3)4;1-5-2-6(8)4-7(9)3-5/h6,8-9,16,24H,7,10-15H2,1-5H3,(H,23,26);2-4H,1H3. The van der Waals surface area contributed by atoms with Crippen LogP contribution in [0.5, 0.6) is 0 Å². The maximum absolute atomic E-state index is 12.2. The highest BCUT2D eigenvalue weighted by atomic mass is 19.1. The fraction of sp³-hybridized carbons (Fsp3) is 0.517. The van der Waals surface area contributed by atoms with Crippen molar-refractivity contribution in [1.82, 2.24) is 10.6 Å². The highest BCUT2D eigenvalue weighted by Gasteiger charge is 2.36. The minimum absolute atomic E-state index is 0.0284. The van der Waals surface area contributed by atoms with Crippen LogP contribution < -0.4 is 10.6 Å². The lowest BCUT2D eigenvalue weighted by molar-refractivity contribution is -0.118. The Labute approximate surface area is 214 Å². The Bertz CT molecular complexity index is 971. The lowest BCUT2D eigenvalue weighted by Gasteiger charge is -2.40. The van der Waals surface area contributed by atoms with E-state index in [0.29, 0.717) is 12.1 Å². The summed E-state index contributed by atoms with van der Waals surface area (Å²) in [6.07, 6.45) is 4.80. The summed E-state index contributed by atoms with van der Waals surface area (Å²) in [5, 5.41) is 10.9. The van der Waals surface area contributed by atoms with Crippen molar-refractivity contribution < 1.29 is 18.4 Å². The Balaban J connectivity index is 0.000000425. The molecule has 1 aliphatic carbocycles. The fourth-order valence-corrected chi connectivity index (χ4v) is 4.41. The van der Waals surface area contributed by atoms with Gasteiger partial charge in [-0.3, -0.25) is 4.79 Å². The van der Waals surface area contributed by atoms with Crippen LogP contribution in [0.2, 0.25) is 0 Å². The number of benzene rings is 2. The van der Waals surface area contributed by atoms with Crippen LogP contribution in [0.4, 0.5) is 8.78 Å². The van der Waals surface area contributed by atoms with Crippen molar-refractivity contribution in [3.8, 4) is 0 Å². The van der Waals surface area contributed by atoms with Crippen LogP contribution in [0.3, 0.4) is 0 Å². The van der Waals surface area contributed by atoms with Crippen molar-refractivity contribution in [1.29, 1.82) is 0 Å². The highest BCUT2D eigenvalue weighted by molar-refractivity contribution is 5.85. The smallest absolute Gasteiger partial charge is 0.216 e. The summed E-state index contributed by atoms with van der Waals surface area (Å²) < 4.78 is 24.4. The first-order valence-electron chi connectivity index (χ1n) is 12.6. The van der Waals surface area contributed by atoms with E-state index in [2.05, 4.69) is 60.8 Å². The van der Waals surface area contributed by atoms with Crippen molar-refractivity contribution in [3.05, 3.63) is 70.8 Å². The van der Waals surface area contributed by atoms with E-state index < -0.39 is 11.6 Å². The number of nitrogens with one attached hydrogen (secondary N) is 2. The second kappa shape index (κ2) is 13.5. The predicted octanol–water partition coefficient (Wildman–Crippen LogP) is 6.14. The van der Waals surface area contributed by atoms with Gasteiger partial charge >= 0.3 is 0 Å². The average molecular weight is 502 g/mol. The molecule has 5 nitrogen and oxygen atoms in total. The van der Waals surface area contributed by atoms with Gasteiger partial charge in [0.05, 0.1) is 5.71 Å². The topological polar surface area (TPSA) is 62.7 Å². The lowest BCUT2D eigenvalue weighted by Crippen LogP contribution is -2.46. The molecule has 36 heavy (non-hydrogen) atoms. The first-order chi connectivity index (χ1) is 16.9. The summed E-state index contributed by atoms with van der Waals surface area (Å²) >= 11 is 0. The van der Waals surface area contributed by atoms with Crippen molar-refractivity contribution in [2.45, 2.75) is 77.7 Å². The highest BCUT2D eigenvalue weighted by Crippen LogP contribution is 2.38. The van der Waals surface area contributed by atoms with E-state index >= 15 is 0 Å². The number of amides is 1. The number of rotatable bonds is 7. The fourth-order valence-electron chi connectivity index (χ4n) is 4.41. The maximum Gasteiger partial charge on any atom is 0.216 e. The number of aryl methyl sites for hydroxylation is 1. The van der Waals surface area contributed by atoms with Gasteiger partial charge in [0.15, 0.2) is 0 Å². The molecule has 0 saturated heterocycles. The van der Waals surface area contributed by atoms with E-state index in [1.54, 1.807) is 21.0 Å². The minimum Gasteiger partial charge on any atom is -0.399 e. The first kappa shape index (κ1) is 29.4. The molecule has 0 atom stereocenters. The number of oxime groups is 1. The van der Waals surface area contributed by atoms with Crippen molar-refractivity contribution in [3.63, 3.8) is 0 Å². The molecule has 1 fully saturated rings. The van der Waals surface area contributed by atoms with Gasteiger partial charge in [0.2, 0.25) is 5.91 Å². The molecular formula is C29H41F2N3O2. The molecule has 1 saturated carbocycles. The summed E-state index contributed by atoms with van der Waals surface area (Å²) in [5.74, 6) is -1.01. The number of carbonyl (C=O) groups is 1. The Hall–Kier alpha value is -2.80. The third-order valence-corrected chi connectivity index (χ3v) is 6.38. The number of hydrogen-bond donors (Lipinski definition) is 2. The number of nitrogens with zero attached hydrogens (tertiary/aromatic N) is 1. The van der Waals surface area contributed by atoms with Crippen LogP contribution in [-0.2, 0) is 20.6 Å². The monoisotopic (exact) mass is 501 g/mol. The summed E-state index contributed by atoms with van der Waals surface area (Å²) in [6.45, 7) is 11.5. The van der Waals surface area contributed by atoms with Crippen LogP contribution in [0.15, 0.2) is 47.6 Å². The van der Waals surface area contributed by atoms with Crippen LogP contribution >= 0.6 is 0 Å². The Kier molecular flexibility index (Phi) is 11.0. The molecular weight excluding hydrogens is 460 g/mol. The molecule has 0 bridgehead atoms. The molecule has 0 unspecified atom stereocenters. The molecule has 0 heterocycles. The predicted molar refractivity (Wildman–Crippen MR) is 142 cm³/mol. The molecule has 0 aliphatic heterocycles. The minimum atomic E-state index is -0.521. The largest absolute Gasteiger partial charge is 0.399 e. The number of halogens is 2. The van der Waals surface area contributed by atoms with Gasteiger partial charge in [0, 0.05) is 25.1 Å². The van der Waals surface area contributed by atoms with Crippen LogP contribution in [0, 0.1) is 18.6 Å². The van der Waals surface area contributed by atoms with E-state index in [4.69, 9.17) is 4.84 Å². The van der Waals surface area contributed by atoms with Crippen LogP contribution in [0.1, 0.15) is 76.5 Å². The SMILES string of the molecule is CON=C1CCC(NCCCNC(C)=O)(c2cccc(C(C)(C)C)c2)CC1.Cc1cc(F)cc(F)c1. The molecule has 0 radical (unpaired) electrons. The van der Waals surface area contributed by atoms with Gasteiger partial charge in [-0.05, 0) is 79.8 Å². The van der Waals surface area contributed by atoms with Gasteiger partial charge < -0.3 is 15.5 Å². The molecule has 2 aromatic rings. The molecule has 1 amide bonds. The third-order valence-electron chi connectivity index (χ3n) is 6.38. The molecule has 1 aliphatic rings. The summed E-state index contributed by atoms with van der Waals surface area (Å²) in [6, 6.07) is 12.4. The zero-order chi connectivity index (χ0) is 26.8. The molecule has 2 N–H and O–H groups in total. The normalized spacial score (nSPS) is 17.6. The average Bonchev–Trinajstić information content (AvgIpc) is 2.79. The molecule has 2 aromatic carbocycles. The Morgan fingerprint density at radius 1 is 1.06 bits per heavy atom. The molecule has 0 spiro atoms. The quantitative estimate of drug-likeness (QED) is 0.354. The van der Waals surface area contributed by atoms with E-state index in [1.807, 2.05) is 0 Å². The van der Waals surface area contributed by atoms with E-state index in [-0.39, 0.29) is 16.9 Å². The number of hydrogen-bond acceptors (Lipinski definition) is 4. The maximum atomic E-state index is 12.2. The third kappa shape index (κ3) is 9.34. The first-order valence-corrected chi connectivity index (χ1v) is 12.6. The molecule has 3 rings (SSSR count). The van der Waals surface area contributed by atoms with E-state index in [0.717, 1.165) is 50.4 Å². The molecule has 7 heteroatoms. The summed E-state index contributed by atoms with van der Waals surface area (Å²) in [7, 11) is 1.61. The van der Waals surface area contributed by atoms with E-state index in [1.165, 1.54) is 23.3 Å². The van der Waals surface area contributed by atoms with Crippen LogP contribution in [-0.4, -0.2) is 31.8 Å². The van der Waals surface area contributed by atoms with E-state index in [9.17, 15) is 13.6 Å². The number of carbonyl (C=O) groups excluding carboxylic acids is 1. The van der Waals surface area contributed by atoms with Crippen molar-refractivity contribution in [2.75, 3.05) is 20.2 Å². The zero-order valence-electron chi connectivity index (χ0n) is 22.5. The van der Waals surface area contributed by atoms with Gasteiger partial charge in [-0.2, -0.15) is 0 Å². The lowest BCUT2D eigenvalue weighted by atomic mass is 9.74.